The molecule has 0 aliphatic carbocycles. The molecule has 1 aliphatic rings. The normalized spacial score (nSPS) is 15.0. The van der Waals surface area contributed by atoms with Gasteiger partial charge >= 0.3 is 0 Å². The molecule has 0 aromatic heterocycles. The molecule has 6 nitrogen and oxygen atoms in total. The van der Waals surface area contributed by atoms with Crippen molar-refractivity contribution in [3.63, 3.8) is 0 Å². The second kappa shape index (κ2) is 7.67. The van der Waals surface area contributed by atoms with Gasteiger partial charge in [0.1, 0.15) is 0 Å². The van der Waals surface area contributed by atoms with Crippen LogP contribution in [0.15, 0.2) is 54.6 Å². The van der Waals surface area contributed by atoms with E-state index in [4.69, 9.17) is 0 Å². The largest absolute Gasteiger partial charge is 0.360 e. The van der Waals surface area contributed by atoms with Crippen LogP contribution in [0.4, 0.5) is 5.69 Å². The first-order chi connectivity index (χ1) is 12.0. The molecule has 0 saturated carbocycles. The van der Waals surface area contributed by atoms with Crippen LogP contribution >= 0.6 is 0 Å². The Labute approximate surface area is 147 Å². The summed E-state index contributed by atoms with van der Waals surface area (Å²) in [5.41, 5.74) is 2.60. The summed E-state index contributed by atoms with van der Waals surface area (Å²) < 4.78 is 26.9. The molecule has 1 heterocycles. The average molecular weight is 359 g/mol. The lowest BCUT2D eigenvalue weighted by Crippen LogP contribution is -2.47. The molecule has 0 bridgehead atoms. The maximum absolute atomic E-state index is 12.2. The summed E-state index contributed by atoms with van der Waals surface area (Å²) >= 11 is 0. The molecular weight excluding hydrogens is 338 g/mol. The lowest BCUT2D eigenvalue weighted by molar-refractivity contribution is -0.120. The van der Waals surface area contributed by atoms with Crippen LogP contribution in [0.3, 0.4) is 0 Å². The number of anilines is 1. The van der Waals surface area contributed by atoms with E-state index in [9.17, 15) is 13.2 Å². The second-order valence-electron chi connectivity index (χ2n) is 6.00. The minimum atomic E-state index is -3.38. The predicted molar refractivity (Wildman–Crippen MR) is 97.6 cm³/mol. The molecule has 0 radical (unpaired) electrons. The van der Waals surface area contributed by atoms with Gasteiger partial charge in [0.2, 0.25) is 15.9 Å². The van der Waals surface area contributed by atoms with Crippen LogP contribution in [0.1, 0.15) is 11.1 Å². The molecule has 0 unspecified atom stereocenters. The fourth-order valence-corrected chi connectivity index (χ4v) is 3.84. The Bertz CT molecular complexity index is 820. The molecule has 2 aromatic rings. The van der Waals surface area contributed by atoms with Crippen LogP contribution in [0, 0.1) is 0 Å². The van der Waals surface area contributed by atoms with Crippen LogP contribution in [-0.2, 0) is 27.1 Å². The van der Waals surface area contributed by atoms with Gasteiger partial charge < -0.3 is 10.2 Å². The first-order valence-corrected chi connectivity index (χ1v) is 9.79. The van der Waals surface area contributed by atoms with E-state index in [1.165, 1.54) is 0 Å². The number of nitrogens with zero attached hydrogens (tertiary/aromatic N) is 1. The van der Waals surface area contributed by atoms with Gasteiger partial charge in [-0.2, -0.15) is 0 Å². The number of carbonyl (C=O) groups is 1. The molecular formula is C18H21N3O3S. The quantitative estimate of drug-likeness (QED) is 0.813. The number of nitrogens with one attached hydrogen (secondary N) is 2. The lowest BCUT2D eigenvalue weighted by Gasteiger charge is -2.28. The maximum Gasteiger partial charge on any atom is 0.239 e. The monoisotopic (exact) mass is 359 g/mol. The Balaban J connectivity index is 1.57. The minimum Gasteiger partial charge on any atom is -0.360 e. The summed E-state index contributed by atoms with van der Waals surface area (Å²) in [7, 11) is -3.38. The van der Waals surface area contributed by atoms with Crippen molar-refractivity contribution < 1.29 is 13.2 Å². The third-order valence-electron chi connectivity index (χ3n) is 4.04. The standard InChI is InChI=1S/C18H21N3O3S/c22-18-13-21(11-10-19-18)17-8-6-15(7-9-17)12-20-25(23,24)14-16-4-2-1-3-5-16/h1-9,20H,10-14H2,(H,19,22). The molecule has 0 spiro atoms. The highest BCUT2D eigenvalue weighted by Gasteiger charge is 2.16. The number of hydrogen-bond donors (Lipinski definition) is 2. The third kappa shape index (κ3) is 5.04. The predicted octanol–water partition coefficient (Wildman–Crippen LogP) is 1.24. The Morgan fingerprint density at radius 1 is 1.00 bits per heavy atom. The summed E-state index contributed by atoms with van der Waals surface area (Å²) in [4.78, 5) is 13.4. The van der Waals surface area contributed by atoms with Crippen LogP contribution < -0.4 is 14.9 Å². The fraction of sp³-hybridized carbons (Fsp3) is 0.278. The number of piperazine rings is 1. The number of amides is 1. The molecule has 2 N–H and O–H groups in total. The van der Waals surface area contributed by atoms with Crippen LogP contribution in [0.5, 0.6) is 0 Å². The van der Waals surface area contributed by atoms with E-state index in [2.05, 4.69) is 10.0 Å². The van der Waals surface area contributed by atoms with E-state index in [1.54, 1.807) is 12.1 Å². The van der Waals surface area contributed by atoms with Gasteiger partial charge in [-0.25, -0.2) is 13.1 Å². The zero-order valence-electron chi connectivity index (χ0n) is 13.8. The number of benzene rings is 2. The summed E-state index contributed by atoms with van der Waals surface area (Å²) in [5, 5.41) is 2.79. The fourth-order valence-electron chi connectivity index (χ4n) is 2.72. The average Bonchev–Trinajstić information content (AvgIpc) is 2.61. The molecule has 1 saturated heterocycles. The van der Waals surface area contributed by atoms with E-state index >= 15 is 0 Å². The van der Waals surface area contributed by atoms with Crippen molar-refractivity contribution >= 4 is 21.6 Å². The lowest BCUT2D eigenvalue weighted by atomic mass is 10.2. The number of sulfonamides is 1. The Morgan fingerprint density at radius 2 is 1.72 bits per heavy atom. The molecule has 1 fully saturated rings. The molecule has 0 atom stereocenters. The van der Waals surface area contributed by atoms with E-state index in [1.807, 2.05) is 47.4 Å². The van der Waals surface area contributed by atoms with Gasteiger partial charge in [-0.1, -0.05) is 42.5 Å². The second-order valence-corrected chi connectivity index (χ2v) is 7.81. The van der Waals surface area contributed by atoms with Crippen molar-refractivity contribution in [2.45, 2.75) is 12.3 Å². The van der Waals surface area contributed by atoms with Crippen molar-refractivity contribution in [3.8, 4) is 0 Å². The maximum atomic E-state index is 12.2. The van der Waals surface area contributed by atoms with Gasteiger partial charge in [0.05, 0.1) is 12.3 Å². The van der Waals surface area contributed by atoms with Gasteiger partial charge in [0.15, 0.2) is 0 Å². The minimum absolute atomic E-state index is 0.0176. The van der Waals surface area contributed by atoms with Crippen molar-refractivity contribution in [2.24, 2.45) is 0 Å². The van der Waals surface area contributed by atoms with E-state index in [0.29, 0.717) is 13.1 Å². The van der Waals surface area contributed by atoms with Gasteiger partial charge in [-0.05, 0) is 23.3 Å². The van der Waals surface area contributed by atoms with Gasteiger partial charge in [0.25, 0.3) is 0 Å². The molecule has 132 valence electrons. The number of hydrogen-bond acceptors (Lipinski definition) is 4. The molecule has 1 aliphatic heterocycles. The molecule has 7 heteroatoms. The first-order valence-electron chi connectivity index (χ1n) is 8.14. The smallest absolute Gasteiger partial charge is 0.239 e. The van der Waals surface area contributed by atoms with Gasteiger partial charge in [-0.15, -0.1) is 0 Å². The van der Waals surface area contributed by atoms with Gasteiger partial charge in [-0.3, -0.25) is 4.79 Å². The van der Waals surface area contributed by atoms with E-state index in [-0.39, 0.29) is 18.2 Å². The van der Waals surface area contributed by atoms with Crippen molar-refractivity contribution in [3.05, 3.63) is 65.7 Å². The van der Waals surface area contributed by atoms with Crippen molar-refractivity contribution in [2.75, 3.05) is 24.5 Å². The highest BCUT2D eigenvalue weighted by atomic mass is 32.2. The number of carbonyl (C=O) groups excluding carboxylic acids is 1. The van der Waals surface area contributed by atoms with Crippen LogP contribution in [0.2, 0.25) is 0 Å². The van der Waals surface area contributed by atoms with Crippen molar-refractivity contribution in [1.29, 1.82) is 0 Å². The third-order valence-corrected chi connectivity index (χ3v) is 5.33. The zero-order chi connectivity index (χ0) is 17.7. The first kappa shape index (κ1) is 17.4. The van der Waals surface area contributed by atoms with Crippen molar-refractivity contribution in [1.82, 2.24) is 10.0 Å². The highest BCUT2D eigenvalue weighted by Crippen LogP contribution is 2.16. The Hall–Kier alpha value is -2.38. The highest BCUT2D eigenvalue weighted by molar-refractivity contribution is 7.88. The summed E-state index contributed by atoms with van der Waals surface area (Å²) in [6, 6.07) is 16.7. The molecule has 25 heavy (non-hydrogen) atoms. The summed E-state index contributed by atoms with van der Waals surface area (Å²) in [6.45, 7) is 2.01. The summed E-state index contributed by atoms with van der Waals surface area (Å²) in [5.74, 6) is -0.0153. The van der Waals surface area contributed by atoms with E-state index < -0.39 is 10.0 Å². The number of rotatable bonds is 6. The van der Waals surface area contributed by atoms with Crippen LogP contribution in [-0.4, -0.2) is 34.0 Å². The molecule has 2 aromatic carbocycles. The molecule has 1 amide bonds. The van der Waals surface area contributed by atoms with E-state index in [0.717, 1.165) is 23.4 Å². The SMILES string of the molecule is O=C1CN(c2ccc(CNS(=O)(=O)Cc3ccccc3)cc2)CCN1. The summed E-state index contributed by atoms with van der Waals surface area (Å²) in [6.07, 6.45) is 0. The Morgan fingerprint density at radius 3 is 2.40 bits per heavy atom. The molecule has 3 rings (SSSR count). The van der Waals surface area contributed by atoms with Gasteiger partial charge in [0, 0.05) is 25.3 Å². The zero-order valence-corrected chi connectivity index (χ0v) is 14.6. The topological polar surface area (TPSA) is 78.5 Å². The Kier molecular flexibility index (Phi) is 5.35. The van der Waals surface area contributed by atoms with Crippen LogP contribution in [0.25, 0.3) is 0 Å².